The highest BCUT2D eigenvalue weighted by atomic mass is 16.6. The molecule has 0 aliphatic rings. The second-order valence-corrected chi connectivity index (χ2v) is 3.81. The summed E-state index contributed by atoms with van der Waals surface area (Å²) >= 11 is 0. The Morgan fingerprint density at radius 2 is 2.15 bits per heavy atom. The second kappa shape index (κ2) is 5.31. The van der Waals surface area contributed by atoms with Crippen LogP contribution in [0.5, 0.6) is 11.6 Å². The Balaban J connectivity index is 2.43. The molecule has 20 heavy (non-hydrogen) atoms. The van der Waals surface area contributed by atoms with E-state index < -0.39 is 10.9 Å². The van der Waals surface area contributed by atoms with Crippen molar-refractivity contribution < 1.29 is 19.6 Å². The lowest BCUT2D eigenvalue weighted by Crippen LogP contribution is -2.04. The van der Waals surface area contributed by atoms with E-state index in [9.17, 15) is 14.9 Å². The van der Waals surface area contributed by atoms with Crippen molar-refractivity contribution in [2.24, 2.45) is 0 Å². The molecule has 2 rings (SSSR count). The fourth-order valence-electron chi connectivity index (χ4n) is 1.57. The van der Waals surface area contributed by atoms with Gasteiger partial charge in [0.15, 0.2) is 0 Å². The molecule has 2 aromatic rings. The maximum absolute atomic E-state index is 11.0. The highest BCUT2D eigenvalue weighted by molar-refractivity contribution is 5.90. The topological polar surface area (TPSA) is 115 Å². The van der Waals surface area contributed by atoms with E-state index in [1.807, 2.05) is 0 Å². The molecular weight excluding hydrogens is 266 g/mol. The lowest BCUT2D eigenvalue weighted by molar-refractivity contribution is -0.385. The number of nitro benzene ring substituents is 1. The van der Waals surface area contributed by atoms with Crippen LogP contribution in [-0.4, -0.2) is 26.2 Å². The monoisotopic (exact) mass is 275 g/mol. The quantitative estimate of drug-likeness (QED) is 0.671. The summed E-state index contributed by atoms with van der Waals surface area (Å²) in [7, 11) is 0. The third-order valence-corrected chi connectivity index (χ3v) is 2.58. The average molecular weight is 275 g/mol. The maximum atomic E-state index is 11.0. The number of nitrogens with zero attached hydrogens (tertiary/aromatic N) is 3. The summed E-state index contributed by atoms with van der Waals surface area (Å²) < 4.78 is 5.33. The van der Waals surface area contributed by atoms with E-state index in [-0.39, 0.29) is 28.4 Å². The zero-order chi connectivity index (χ0) is 14.7. The minimum atomic E-state index is -1.22. The number of nitro groups is 1. The average Bonchev–Trinajstić information content (AvgIpc) is 2.41. The molecule has 0 bridgehead atoms. The number of hydrogen-bond acceptors (Lipinski definition) is 6. The summed E-state index contributed by atoms with van der Waals surface area (Å²) in [5.41, 5.74) is -0.0198. The van der Waals surface area contributed by atoms with Crippen LogP contribution in [0.4, 0.5) is 5.69 Å². The smallest absolute Gasteiger partial charge is 0.341 e. The van der Waals surface area contributed by atoms with Crippen LogP contribution in [-0.2, 0) is 0 Å². The van der Waals surface area contributed by atoms with Crippen LogP contribution in [0.15, 0.2) is 30.5 Å². The van der Waals surface area contributed by atoms with Crippen molar-refractivity contribution in [3.05, 3.63) is 51.7 Å². The first-order valence-electron chi connectivity index (χ1n) is 5.47. The molecule has 0 unspecified atom stereocenters. The first-order valence-corrected chi connectivity index (χ1v) is 5.47. The summed E-state index contributed by atoms with van der Waals surface area (Å²) in [5, 5.41) is 27.0. The SMILES string of the molecule is Cc1c(Oc2nnccc2C(=O)O)cccc1[N+](=O)[O-]. The van der Waals surface area contributed by atoms with E-state index in [2.05, 4.69) is 10.2 Å². The van der Waals surface area contributed by atoms with E-state index in [0.717, 1.165) is 0 Å². The van der Waals surface area contributed by atoms with Crippen molar-refractivity contribution in [1.82, 2.24) is 10.2 Å². The Morgan fingerprint density at radius 3 is 2.80 bits per heavy atom. The van der Waals surface area contributed by atoms with Crippen LogP contribution in [0.1, 0.15) is 15.9 Å². The third kappa shape index (κ3) is 2.53. The number of carbonyl (C=O) groups is 1. The molecule has 1 aromatic heterocycles. The minimum absolute atomic E-state index is 0.122. The Labute approximate surface area is 112 Å². The van der Waals surface area contributed by atoms with E-state index in [4.69, 9.17) is 9.84 Å². The first-order chi connectivity index (χ1) is 9.50. The molecule has 0 radical (unpaired) electrons. The molecule has 1 N–H and O–H groups in total. The van der Waals surface area contributed by atoms with Gasteiger partial charge in [0, 0.05) is 6.07 Å². The molecule has 1 heterocycles. The van der Waals surface area contributed by atoms with Gasteiger partial charge in [-0.1, -0.05) is 6.07 Å². The van der Waals surface area contributed by atoms with Crippen LogP contribution >= 0.6 is 0 Å². The zero-order valence-corrected chi connectivity index (χ0v) is 10.3. The number of ether oxygens (including phenoxy) is 1. The normalized spacial score (nSPS) is 10.1. The minimum Gasteiger partial charge on any atom is -0.477 e. The molecule has 0 aliphatic heterocycles. The van der Waals surface area contributed by atoms with E-state index in [1.54, 1.807) is 0 Å². The Bertz CT molecular complexity index is 687. The van der Waals surface area contributed by atoms with Gasteiger partial charge in [0.1, 0.15) is 11.3 Å². The van der Waals surface area contributed by atoms with E-state index in [1.165, 1.54) is 37.4 Å². The van der Waals surface area contributed by atoms with Crippen LogP contribution in [0.3, 0.4) is 0 Å². The molecule has 0 atom stereocenters. The van der Waals surface area contributed by atoms with Gasteiger partial charge in [-0.25, -0.2) is 4.79 Å². The van der Waals surface area contributed by atoms with Gasteiger partial charge in [0.2, 0.25) is 0 Å². The third-order valence-electron chi connectivity index (χ3n) is 2.58. The molecule has 0 spiro atoms. The number of rotatable bonds is 4. The maximum Gasteiger partial charge on any atom is 0.341 e. The molecule has 0 saturated heterocycles. The van der Waals surface area contributed by atoms with Crippen LogP contribution in [0.2, 0.25) is 0 Å². The highest BCUT2D eigenvalue weighted by Crippen LogP contribution is 2.31. The number of aromatic carboxylic acids is 1. The predicted molar refractivity (Wildman–Crippen MR) is 66.9 cm³/mol. The molecule has 0 aliphatic carbocycles. The summed E-state index contributed by atoms with van der Waals surface area (Å²) in [5.74, 6) is -1.29. The van der Waals surface area contributed by atoms with Gasteiger partial charge in [-0.05, 0) is 19.1 Å². The van der Waals surface area contributed by atoms with Crippen LogP contribution in [0.25, 0.3) is 0 Å². The Kier molecular flexibility index (Phi) is 3.56. The van der Waals surface area contributed by atoms with E-state index >= 15 is 0 Å². The largest absolute Gasteiger partial charge is 0.477 e. The summed E-state index contributed by atoms with van der Waals surface area (Å²) in [4.78, 5) is 21.3. The number of hydrogen-bond donors (Lipinski definition) is 1. The molecule has 8 nitrogen and oxygen atoms in total. The molecular formula is C12H9N3O5. The zero-order valence-electron chi connectivity index (χ0n) is 10.3. The van der Waals surface area contributed by atoms with E-state index in [0.29, 0.717) is 0 Å². The molecule has 0 fully saturated rings. The molecule has 0 amide bonds. The predicted octanol–water partition coefficient (Wildman–Crippen LogP) is 2.18. The standard InChI is InChI=1S/C12H9N3O5/c1-7-9(15(18)19)3-2-4-10(7)20-11-8(12(16)17)5-6-13-14-11/h2-6H,1H3,(H,16,17). The van der Waals surface area contributed by atoms with Crippen molar-refractivity contribution in [3.63, 3.8) is 0 Å². The number of benzene rings is 1. The van der Waals surface area contributed by atoms with Crippen LogP contribution < -0.4 is 4.74 Å². The van der Waals surface area contributed by atoms with Gasteiger partial charge < -0.3 is 9.84 Å². The van der Waals surface area contributed by atoms with Gasteiger partial charge in [-0.2, -0.15) is 5.10 Å². The van der Waals surface area contributed by atoms with Gasteiger partial charge in [0.05, 0.1) is 16.7 Å². The number of aromatic nitrogens is 2. The first kappa shape index (κ1) is 13.4. The Morgan fingerprint density at radius 1 is 1.40 bits per heavy atom. The summed E-state index contributed by atoms with van der Waals surface area (Å²) in [6, 6.07) is 5.49. The number of carboxylic acids is 1. The van der Waals surface area contributed by atoms with Crippen molar-refractivity contribution in [3.8, 4) is 11.6 Å². The van der Waals surface area contributed by atoms with Gasteiger partial charge in [-0.15, -0.1) is 5.10 Å². The summed E-state index contributed by atoms with van der Waals surface area (Å²) in [6.07, 6.45) is 1.22. The Hall–Kier alpha value is -3.03. The lowest BCUT2D eigenvalue weighted by Gasteiger charge is -2.08. The second-order valence-electron chi connectivity index (χ2n) is 3.81. The molecule has 0 saturated carbocycles. The van der Waals surface area contributed by atoms with Crippen molar-refractivity contribution >= 4 is 11.7 Å². The molecule has 8 heteroatoms. The van der Waals surface area contributed by atoms with Crippen molar-refractivity contribution in [2.45, 2.75) is 6.92 Å². The van der Waals surface area contributed by atoms with Crippen molar-refractivity contribution in [2.75, 3.05) is 0 Å². The molecule has 102 valence electrons. The van der Waals surface area contributed by atoms with Crippen LogP contribution in [0, 0.1) is 17.0 Å². The fourth-order valence-corrected chi connectivity index (χ4v) is 1.57. The van der Waals surface area contributed by atoms with Gasteiger partial charge in [-0.3, -0.25) is 10.1 Å². The number of carboxylic acid groups (broad SMARTS) is 1. The lowest BCUT2D eigenvalue weighted by atomic mass is 10.2. The fraction of sp³-hybridized carbons (Fsp3) is 0.0833. The summed E-state index contributed by atoms with van der Waals surface area (Å²) in [6.45, 7) is 1.50. The van der Waals surface area contributed by atoms with Gasteiger partial charge in [0.25, 0.3) is 11.6 Å². The van der Waals surface area contributed by atoms with Crippen molar-refractivity contribution in [1.29, 1.82) is 0 Å². The van der Waals surface area contributed by atoms with Gasteiger partial charge >= 0.3 is 5.97 Å². The highest BCUT2D eigenvalue weighted by Gasteiger charge is 2.18. The molecule has 1 aromatic carbocycles.